The highest BCUT2D eigenvalue weighted by molar-refractivity contribution is 9.10. The van der Waals surface area contributed by atoms with Gasteiger partial charge in [0.05, 0.1) is 23.7 Å². The van der Waals surface area contributed by atoms with Crippen molar-refractivity contribution in [2.24, 2.45) is 5.10 Å². The summed E-state index contributed by atoms with van der Waals surface area (Å²) in [5.74, 6) is 1.61. The molecule has 4 rings (SSSR count). The van der Waals surface area contributed by atoms with Gasteiger partial charge < -0.3 is 4.74 Å². The van der Waals surface area contributed by atoms with E-state index in [9.17, 15) is 4.79 Å². The van der Waals surface area contributed by atoms with E-state index in [1.165, 1.54) is 4.68 Å². The predicted molar refractivity (Wildman–Crippen MR) is 139 cm³/mol. The first-order valence-corrected chi connectivity index (χ1v) is 11.8. The lowest BCUT2D eigenvalue weighted by Gasteiger charge is -2.18. The van der Waals surface area contributed by atoms with Gasteiger partial charge in [0.15, 0.2) is 5.82 Å². The van der Waals surface area contributed by atoms with Crippen LogP contribution in [0.5, 0.6) is 5.75 Å². The fourth-order valence-corrected chi connectivity index (χ4v) is 4.16. The number of hydrogen-bond donors (Lipinski definition) is 0. The minimum absolute atomic E-state index is 0.210. The van der Waals surface area contributed by atoms with Crippen LogP contribution in [0.25, 0.3) is 22.3 Å². The maximum atomic E-state index is 13.5. The van der Waals surface area contributed by atoms with Gasteiger partial charge >= 0.3 is 0 Å². The van der Waals surface area contributed by atoms with E-state index in [2.05, 4.69) is 40.9 Å². The van der Waals surface area contributed by atoms with Crippen LogP contribution in [0.4, 0.5) is 0 Å². The molecule has 0 amide bonds. The lowest BCUT2D eigenvalue weighted by Crippen LogP contribution is -2.21. The van der Waals surface area contributed by atoms with E-state index in [1.54, 1.807) is 12.3 Å². The molecule has 1 aromatic heterocycles. The Labute approximate surface area is 201 Å². The molecule has 0 aliphatic heterocycles. The zero-order valence-electron chi connectivity index (χ0n) is 19.2. The van der Waals surface area contributed by atoms with E-state index < -0.39 is 0 Å². The van der Waals surface area contributed by atoms with E-state index in [-0.39, 0.29) is 11.5 Å². The second-order valence-corrected chi connectivity index (χ2v) is 8.98. The summed E-state index contributed by atoms with van der Waals surface area (Å²) in [5, 5.41) is 5.12. The summed E-state index contributed by atoms with van der Waals surface area (Å²) in [7, 11) is 0. The first kappa shape index (κ1) is 22.9. The molecule has 33 heavy (non-hydrogen) atoms. The van der Waals surface area contributed by atoms with Crippen LogP contribution in [0.2, 0.25) is 0 Å². The highest BCUT2D eigenvalue weighted by Gasteiger charge is 2.18. The summed E-state index contributed by atoms with van der Waals surface area (Å²) in [5.41, 5.74) is 4.20. The van der Waals surface area contributed by atoms with Gasteiger partial charge in [0.25, 0.3) is 5.56 Å². The van der Waals surface area contributed by atoms with Crippen molar-refractivity contribution < 1.29 is 4.74 Å². The zero-order chi connectivity index (χ0) is 23.5. The van der Waals surface area contributed by atoms with Crippen molar-refractivity contribution in [3.8, 4) is 17.1 Å². The minimum atomic E-state index is -0.210. The number of benzene rings is 3. The van der Waals surface area contributed by atoms with E-state index in [0.29, 0.717) is 23.3 Å². The Balaban J connectivity index is 1.99. The first-order chi connectivity index (χ1) is 15.9. The Morgan fingerprint density at radius 2 is 1.85 bits per heavy atom. The van der Waals surface area contributed by atoms with E-state index in [1.807, 2.05) is 62.4 Å². The Kier molecular flexibility index (Phi) is 6.75. The molecule has 168 valence electrons. The van der Waals surface area contributed by atoms with Gasteiger partial charge in [-0.05, 0) is 61.2 Å². The predicted octanol–water partition coefficient (Wildman–Crippen LogP) is 6.54. The van der Waals surface area contributed by atoms with Gasteiger partial charge in [-0.1, -0.05) is 60.1 Å². The largest absolute Gasteiger partial charge is 0.494 e. The first-order valence-electron chi connectivity index (χ1n) is 11.0. The quantitative estimate of drug-likeness (QED) is 0.280. The van der Waals surface area contributed by atoms with E-state index >= 15 is 0 Å². The molecular formula is C27H26BrN3O2. The number of rotatable bonds is 6. The fourth-order valence-electron chi connectivity index (χ4n) is 3.78. The molecular weight excluding hydrogens is 478 g/mol. The zero-order valence-corrected chi connectivity index (χ0v) is 20.8. The molecule has 0 bridgehead atoms. The molecule has 1 heterocycles. The van der Waals surface area contributed by atoms with Crippen molar-refractivity contribution in [1.82, 2.24) is 9.66 Å². The SMILES string of the molecule is CCOc1cc(C)c(-c2nc3ccccc3c(=O)n2N=Cc2ccccc2Br)cc1C(C)C. The number of halogens is 1. The number of nitrogens with zero attached hydrogens (tertiary/aromatic N) is 3. The van der Waals surface area contributed by atoms with Crippen molar-refractivity contribution in [3.63, 3.8) is 0 Å². The van der Waals surface area contributed by atoms with Gasteiger partial charge in [0.2, 0.25) is 0 Å². The normalized spacial score (nSPS) is 11.6. The molecule has 0 spiro atoms. The van der Waals surface area contributed by atoms with Crippen molar-refractivity contribution in [3.05, 3.63) is 92.2 Å². The van der Waals surface area contributed by atoms with Crippen LogP contribution in [-0.2, 0) is 0 Å². The van der Waals surface area contributed by atoms with Crippen LogP contribution >= 0.6 is 15.9 Å². The number of ether oxygens (including phenoxy) is 1. The van der Waals surface area contributed by atoms with Crippen molar-refractivity contribution in [1.29, 1.82) is 0 Å². The molecule has 5 nitrogen and oxygen atoms in total. The second kappa shape index (κ2) is 9.71. The van der Waals surface area contributed by atoms with E-state index in [0.717, 1.165) is 32.5 Å². The number of para-hydroxylation sites is 1. The van der Waals surface area contributed by atoms with Gasteiger partial charge in [-0.15, -0.1) is 0 Å². The molecule has 6 heteroatoms. The van der Waals surface area contributed by atoms with Gasteiger partial charge in [0, 0.05) is 15.6 Å². The van der Waals surface area contributed by atoms with Gasteiger partial charge in [-0.3, -0.25) is 4.79 Å². The molecule has 0 atom stereocenters. The second-order valence-electron chi connectivity index (χ2n) is 8.13. The van der Waals surface area contributed by atoms with Gasteiger partial charge in [-0.25, -0.2) is 4.98 Å². The third-order valence-electron chi connectivity index (χ3n) is 5.49. The van der Waals surface area contributed by atoms with Crippen LogP contribution in [0, 0.1) is 6.92 Å². The van der Waals surface area contributed by atoms with E-state index in [4.69, 9.17) is 9.72 Å². The average Bonchev–Trinajstić information content (AvgIpc) is 2.79. The highest BCUT2D eigenvalue weighted by atomic mass is 79.9. The van der Waals surface area contributed by atoms with Crippen molar-refractivity contribution >= 4 is 33.0 Å². The van der Waals surface area contributed by atoms with Crippen LogP contribution < -0.4 is 10.3 Å². The Morgan fingerprint density at radius 1 is 1.12 bits per heavy atom. The van der Waals surface area contributed by atoms with Crippen LogP contribution in [0.15, 0.2) is 75.0 Å². The average molecular weight is 504 g/mol. The molecule has 3 aromatic carbocycles. The Morgan fingerprint density at radius 3 is 2.58 bits per heavy atom. The lowest BCUT2D eigenvalue weighted by molar-refractivity contribution is 0.335. The highest BCUT2D eigenvalue weighted by Crippen LogP contribution is 2.34. The monoisotopic (exact) mass is 503 g/mol. The van der Waals surface area contributed by atoms with Crippen LogP contribution in [0.1, 0.15) is 43.4 Å². The number of hydrogen-bond acceptors (Lipinski definition) is 4. The summed E-state index contributed by atoms with van der Waals surface area (Å²) in [6, 6.07) is 19.2. The van der Waals surface area contributed by atoms with Crippen molar-refractivity contribution in [2.45, 2.75) is 33.6 Å². The van der Waals surface area contributed by atoms with Gasteiger partial charge in [-0.2, -0.15) is 9.78 Å². The smallest absolute Gasteiger partial charge is 0.282 e. The molecule has 0 radical (unpaired) electrons. The molecule has 0 unspecified atom stereocenters. The number of aryl methyl sites for hydroxylation is 1. The third-order valence-corrected chi connectivity index (χ3v) is 6.21. The number of fused-ring (bicyclic) bond motifs is 1. The maximum absolute atomic E-state index is 13.5. The summed E-state index contributed by atoms with van der Waals surface area (Å²) in [6.07, 6.45) is 1.68. The molecule has 4 aromatic rings. The number of aromatic nitrogens is 2. The van der Waals surface area contributed by atoms with Crippen molar-refractivity contribution in [2.75, 3.05) is 6.61 Å². The Hall–Kier alpha value is -3.25. The standard InChI is InChI=1S/C27H26BrN3O2/c1-5-33-25-14-18(4)22(15-21(25)17(2)3)26-30-24-13-9-7-11-20(24)27(32)31(26)29-16-19-10-6-8-12-23(19)28/h6-17H,5H2,1-4H3. The molecule has 0 fully saturated rings. The molecule has 0 N–H and O–H groups in total. The summed E-state index contributed by atoms with van der Waals surface area (Å²) in [6.45, 7) is 8.83. The van der Waals surface area contributed by atoms with Gasteiger partial charge in [0.1, 0.15) is 5.75 Å². The summed E-state index contributed by atoms with van der Waals surface area (Å²) in [4.78, 5) is 18.4. The summed E-state index contributed by atoms with van der Waals surface area (Å²) < 4.78 is 8.19. The fraction of sp³-hybridized carbons (Fsp3) is 0.222. The topological polar surface area (TPSA) is 56.5 Å². The molecule has 0 saturated carbocycles. The molecule has 0 saturated heterocycles. The third kappa shape index (κ3) is 4.62. The van der Waals surface area contributed by atoms with Crippen LogP contribution in [-0.4, -0.2) is 22.5 Å². The Bertz CT molecular complexity index is 1410. The summed E-state index contributed by atoms with van der Waals surface area (Å²) >= 11 is 3.54. The maximum Gasteiger partial charge on any atom is 0.282 e. The lowest BCUT2D eigenvalue weighted by atomic mass is 9.96. The molecule has 0 aliphatic carbocycles. The minimum Gasteiger partial charge on any atom is -0.494 e. The molecule has 0 aliphatic rings. The van der Waals surface area contributed by atoms with Crippen LogP contribution in [0.3, 0.4) is 0 Å².